The van der Waals surface area contributed by atoms with Crippen LogP contribution in [0, 0.1) is 5.92 Å². The molecule has 29 heavy (non-hydrogen) atoms. The first-order valence-corrected chi connectivity index (χ1v) is 12.0. The van der Waals surface area contributed by atoms with Crippen LogP contribution in [0.2, 0.25) is 0 Å². The van der Waals surface area contributed by atoms with E-state index in [4.69, 9.17) is 10.7 Å². The summed E-state index contributed by atoms with van der Waals surface area (Å²) in [6.07, 6.45) is 4.45. The van der Waals surface area contributed by atoms with E-state index in [1.807, 2.05) is 11.8 Å². The van der Waals surface area contributed by atoms with E-state index < -0.39 is 0 Å². The molecule has 2 aliphatic rings. The average molecular weight is 418 g/mol. The highest BCUT2D eigenvalue weighted by atomic mass is 32.2. The van der Waals surface area contributed by atoms with Crippen LogP contribution in [-0.4, -0.2) is 53.9 Å². The number of carbonyl (C=O) groups excluding carboxylic acids is 1. The summed E-state index contributed by atoms with van der Waals surface area (Å²) in [6, 6.07) is 9.14. The summed E-state index contributed by atoms with van der Waals surface area (Å²) < 4.78 is 0. The van der Waals surface area contributed by atoms with Crippen molar-refractivity contribution < 1.29 is 4.79 Å². The zero-order valence-electron chi connectivity index (χ0n) is 17.5. The number of benzene rings is 1. The minimum atomic E-state index is -0.169. The molecule has 2 heterocycles. The molecule has 2 saturated heterocycles. The van der Waals surface area contributed by atoms with E-state index in [1.54, 1.807) is 0 Å². The maximum Gasteiger partial charge on any atom is 0.221 e. The Morgan fingerprint density at radius 1 is 1.31 bits per heavy atom. The SMILES string of the molecule is CCNC(=NCc1cccc(CN2CCCC(C(N)=O)C2)c1)NC1CCCSC1. The fraction of sp³-hybridized carbons (Fsp3) is 0.636. The second-order valence-electron chi connectivity index (χ2n) is 8.05. The van der Waals surface area contributed by atoms with E-state index in [0.29, 0.717) is 12.6 Å². The molecule has 0 spiro atoms. The van der Waals surface area contributed by atoms with Crippen molar-refractivity contribution in [2.45, 2.75) is 51.7 Å². The Bertz CT molecular complexity index is 690. The van der Waals surface area contributed by atoms with E-state index in [-0.39, 0.29) is 11.8 Å². The lowest BCUT2D eigenvalue weighted by Crippen LogP contribution is -2.45. The van der Waals surface area contributed by atoms with Gasteiger partial charge in [0.2, 0.25) is 5.91 Å². The number of piperidine rings is 1. The third kappa shape index (κ3) is 7.23. The van der Waals surface area contributed by atoms with Gasteiger partial charge in [0.05, 0.1) is 12.5 Å². The number of primary amides is 1. The average Bonchev–Trinajstić information content (AvgIpc) is 2.73. The fourth-order valence-electron chi connectivity index (χ4n) is 4.05. The minimum absolute atomic E-state index is 0.0109. The summed E-state index contributed by atoms with van der Waals surface area (Å²) in [6.45, 7) is 6.28. The van der Waals surface area contributed by atoms with Gasteiger partial charge >= 0.3 is 0 Å². The van der Waals surface area contributed by atoms with E-state index in [9.17, 15) is 4.79 Å². The molecule has 0 bridgehead atoms. The second kappa shape index (κ2) is 11.5. The lowest BCUT2D eigenvalue weighted by atomic mass is 9.97. The third-order valence-corrected chi connectivity index (χ3v) is 6.79. The summed E-state index contributed by atoms with van der Waals surface area (Å²) in [5.41, 5.74) is 7.99. The van der Waals surface area contributed by atoms with Crippen LogP contribution >= 0.6 is 11.8 Å². The van der Waals surface area contributed by atoms with E-state index in [2.05, 4.69) is 46.7 Å². The van der Waals surface area contributed by atoms with Crippen molar-refractivity contribution in [2.75, 3.05) is 31.1 Å². The number of hydrogen-bond donors (Lipinski definition) is 3. The Morgan fingerprint density at radius 2 is 2.17 bits per heavy atom. The van der Waals surface area contributed by atoms with Crippen LogP contribution in [0.1, 0.15) is 43.7 Å². The van der Waals surface area contributed by atoms with Crippen molar-refractivity contribution >= 4 is 23.6 Å². The largest absolute Gasteiger partial charge is 0.369 e. The molecule has 3 rings (SSSR count). The smallest absolute Gasteiger partial charge is 0.221 e. The van der Waals surface area contributed by atoms with Gasteiger partial charge in [-0.25, -0.2) is 4.99 Å². The van der Waals surface area contributed by atoms with Crippen molar-refractivity contribution in [1.82, 2.24) is 15.5 Å². The van der Waals surface area contributed by atoms with Crippen molar-refractivity contribution in [2.24, 2.45) is 16.6 Å². The Labute approximate surface area is 179 Å². The predicted molar refractivity (Wildman–Crippen MR) is 122 cm³/mol. The quantitative estimate of drug-likeness (QED) is 0.469. The van der Waals surface area contributed by atoms with Crippen LogP contribution in [0.4, 0.5) is 0 Å². The number of rotatable bonds is 7. The second-order valence-corrected chi connectivity index (χ2v) is 9.20. The normalized spacial score (nSPS) is 23.6. The number of guanidine groups is 1. The van der Waals surface area contributed by atoms with Crippen LogP contribution < -0.4 is 16.4 Å². The lowest BCUT2D eigenvalue weighted by Gasteiger charge is -2.31. The number of aliphatic imine (C=N–C) groups is 1. The summed E-state index contributed by atoms with van der Waals surface area (Å²) >= 11 is 2.02. The van der Waals surface area contributed by atoms with Gasteiger partial charge in [-0.15, -0.1) is 0 Å². The number of thioether (sulfide) groups is 1. The van der Waals surface area contributed by atoms with Gasteiger partial charge in [-0.2, -0.15) is 11.8 Å². The number of hydrogen-bond acceptors (Lipinski definition) is 4. The number of amides is 1. The molecule has 1 amide bonds. The molecule has 0 saturated carbocycles. The maximum absolute atomic E-state index is 11.5. The van der Waals surface area contributed by atoms with Gasteiger partial charge in [0.15, 0.2) is 5.96 Å². The van der Waals surface area contributed by atoms with Crippen molar-refractivity contribution in [1.29, 1.82) is 0 Å². The van der Waals surface area contributed by atoms with Crippen molar-refractivity contribution in [3.8, 4) is 0 Å². The van der Waals surface area contributed by atoms with Crippen LogP contribution in [0.25, 0.3) is 0 Å². The Balaban J connectivity index is 1.57. The number of carbonyl (C=O) groups is 1. The Hall–Kier alpha value is -1.73. The first-order chi connectivity index (χ1) is 14.1. The lowest BCUT2D eigenvalue weighted by molar-refractivity contribution is -0.123. The molecule has 1 aromatic rings. The van der Waals surface area contributed by atoms with Gasteiger partial charge in [-0.3, -0.25) is 9.69 Å². The van der Waals surface area contributed by atoms with Crippen LogP contribution in [0.3, 0.4) is 0 Å². The monoisotopic (exact) mass is 417 g/mol. The molecule has 2 unspecified atom stereocenters. The Morgan fingerprint density at radius 3 is 2.93 bits per heavy atom. The van der Waals surface area contributed by atoms with Gasteiger partial charge < -0.3 is 16.4 Å². The molecule has 2 aliphatic heterocycles. The minimum Gasteiger partial charge on any atom is -0.369 e. The van der Waals surface area contributed by atoms with Crippen LogP contribution in [0.15, 0.2) is 29.3 Å². The maximum atomic E-state index is 11.5. The van der Waals surface area contributed by atoms with E-state index >= 15 is 0 Å². The molecule has 160 valence electrons. The molecular formula is C22H35N5OS. The highest BCUT2D eigenvalue weighted by Gasteiger charge is 2.23. The zero-order chi connectivity index (χ0) is 20.5. The van der Waals surface area contributed by atoms with Gasteiger partial charge in [0, 0.05) is 31.4 Å². The number of nitrogens with one attached hydrogen (secondary N) is 2. The number of nitrogens with two attached hydrogens (primary N) is 1. The molecule has 2 atom stereocenters. The van der Waals surface area contributed by atoms with Gasteiger partial charge in [0.1, 0.15) is 0 Å². The van der Waals surface area contributed by atoms with Gasteiger partial charge in [0.25, 0.3) is 0 Å². The molecule has 7 heteroatoms. The van der Waals surface area contributed by atoms with Crippen molar-refractivity contribution in [3.05, 3.63) is 35.4 Å². The van der Waals surface area contributed by atoms with Crippen molar-refractivity contribution in [3.63, 3.8) is 0 Å². The van der Waals surface area contributed by atoms with E-state index in [0.717, 1.165) is 50.7 Å². The molecule has 0 aromatic heterocycles. The van der Waals surface area contributed by atoms with Gasteiger partial charge in [-0.05, 0) is 56.0 Å². The molecule has 1 aromatic carbocycles. The highest BCUT2D eigenvalue weighted by Crippen LogP contribution is 2.19. The molecule has 4 N–H and O–H groups in total. The Kier molecular flexibility index (Phi) is 8.68. The highest BCUT2D eigenvalue weighted by molar-refractivity contribution is 7.99. The summed E-state index contributed by atoms with van der Waals surface area (Å²) in [5, 5.41) is 6.96. The first kappa shape index (κ1) is 22.0. The third-order valence-electron chi connectivity index (χ3n) is 5.57. The molecular weight excluding hydrogens is 382 g/mol. The number of nitrogens with zero attached hydrogens (tertiary/aromatic N) is 2. The fourth-order valence-corrected chi connectivity index (χ4v) is 5.13. The molecule has 2 fully saturated rings. The summed E-state index contributed by atoms with van der Waals surface area (Å²) in [5.74, 6) is 3.16. The standard InChI is InChI=1S/C22H35N5OS/c1-2-24-22(26-20-9-5-11-29-16-20)25-13-17-6-3-7-18(12-17)14-27-10-4-8-19(15-27)21(23)28/h3,6-7,12,19-20H,2,4-5,8-11,13-16H2,1H3,(H2,23,28)(H2,24,25,26). The van der Waals surface area contributed by atoms with E-state index in [1.165, 1.54) is 29.7 Å². The summed E-state index contributed by atoms with van der Waals surface area (Å²) in [4.78, 5) is 18.7. The first-order valence-electron chi connectivity index (χ1n) is 10.9. The molecule has 0 aliphatic carbocycles. The molecule has 6 nitrogen and oxygen atoms in total. The number of likely N-dealkylation sites (tertiary alicyclic amines) is 1. The van der Waals surface area contributed by atoms with Crippen LogP contribution in [-0.2, 0) is 17.9 Å². The molecule has 0 radical (unpaired) electrons. The van der Waals surface area contributed by atoms with Crippen LogP contribution in [0.5, 0.6) is 0 Å². The zero-order valence-corrected chi connectivity index (χ0v) is 18.3. The topological polar surface area (TPSA) is 82.8 Å². The predicted octanol–water partition coefficient (Wildman–Crippen LogP) is 2.33. The van der Waals surface area contributed by atoms with Gasteiger partial charge in [-0.1, -0.05) is 24.3 Å². The summed E-state index contributed by atoms with van der Waals surface area (Å²) in [7, 11) is 0.